The maximum Gasteiger partial charge on any atom is 0.573 e. The number of nitrogens with zero attached hydrogens (tertiary/aromatic N) is 1. The van der Waals surface area contributed by atoms with Gasteiger partial charge in [0.1, 0.15) is 18.1 Å². The van der Waals surface area contributed by atoms with Crippen LogP contribution in [0, 0.1) is 0 Å². The molecule has 0 aromatic heterocycles. The number of hydrogen-bond donors (Lipinski definition) is 3. The summed E-state index contributed by atoms with van der Waals surface area (Å²) >= 11 is 5.92. The molecule has 0 unspecified atom stereocenters. The van der Waals surface area contributed by atoms with E-state index in [1.807, 2.05) is 0 Å². The normalized spacial score (nSPS) is 12.0. The summed E-state index contributed by atoms with van der Waals surface area (Å²) in [6, 6.07) is 10.4. The lowest BCUT2D eigenvalue weighted by Gasteiger charge is -2.12. The Balaban J connectivity index is 2.08. The predicted molar refractivity (Wildman–Crippen MR) is 87.0 cm³/mol. The van der Waals surface area contributed by atoms with Crippen LogP contribution in [-0.4, -0.2) is 12.2 Å². The molecule has 0 radical (unpaired) electrons. The van der Waals surface area contributed by atoms with Gasteiger partial charge in [-0.2, -0.15) is 5.10 Å². The Kier molecular flexibility index (Phi) is 5.94. The summed E-state index contributed by atoms with van der Waals surface area (Å²) in [5, 5.41) is 3.49. The van der Waals surface area contributed by atoms with Crippen LogP contribution < -0.4 is 26.6 Å². The Hall–Kier alpha value is -2.65. The molecule has 0 aliphatic heterocycles. The smallest absolute Gasteiger partial charge is 0.487 e. The third-order valence-electron chi connectivity index (χ3n) is 3.00. The van der Waals surface area contributed by atoms with E-state index in [2.05, 4.69) is 15.3 Å². The van der Waals surface area contributed by atoms with E-state index in [1.165, 1.54) is 6.07 Å². The van der Waals surface area contributed by atoms with Crippen LogP contribution in [0.25, 0.3) is 0 Å². The molecule has 0 amide bonds. The Morgan fingerprint density at radius 1 is 1.20 bits per heavy atom. The highest BCUT2D eigenvalue weighted by atomic mass is 35.5. The van der Waals surface area contributed by atoms with Gasteiger partial charge in [-0.3, -0.25) is 0 Å². The fourth-order valence-corrected chi connectivity index (χ4v) is 2.19. The van der Waals surface area contributed by atoms with Gasteiger partial charge in [-0.05, 0) is 23.8 Å². The molecule has 10 heteroatoms. The van der Waals surface area contributed by atoms with Crippen molar-refractivity contribution in [1.82, 2.24) is 5.43 Å². The lowest BCUT2D eigenvalue weighted by molar-refractivity contribution is -0.274. The zero-order chi connectivity index (χ0) is 18.4. The average Bonchev–Trinajstić information content (AvgIpc) is 2.54. The summed E-state index contributed by atoms with van der Waals surface area (Å²) in [6.45, 7) is 0.120. The molecule has 0 aliphatic rings. The fraction of sp³-hybridized carbons (Fsp3) is 0.133. The molecule has 2 rings (SSSR count). The second-order valence-electron chi connectivity index (χ2n) is 4.75. The predicted octanol–water partition coefficient (Wildman–Crippen LogP) is 2.90. The summed E-state index contributed by atoms with van der Waals surface area (Å²) in [6.07, 6.45) is -4.79. The molecule has 25 heavy (non-hydrogen) atoms. The standard InChI is InChI=1S/C15H14ClF3N4O2/c16-12-7-11(25-15(17,18)19)4-5-13(12)24-8-9-2-1-3-10(6-9)14(22-20)23-21/h1-7H,8,20-21H2,(H,22,23). The van der Waals surface area contributed by atoms with Crippen LogP contribution in [0.5, 0.6) is 11.5 Å². The van der Waals surface area contributed by atoms with E-state index in [-0.39, 0.29) is 23.2 Å². The lowest BCUT2D eigenvalue weighted by atomic mass is 10.1. The van der Waals surface area contributed by atoms with Crippen molar-refractivity contribution in [2.24, 2.45) is 16.8 Å². The summed E-state index contributed by atoms with van der Waals surface area (Å²) in [7, 11) is 0. The number of rotatable bonds is 5. The number of halogens is 4. The highest BCUT2D eigenvalue weighted by molar-refractivity contribution is 6.32. The first-order valence-corrected chi connectivity index (χ1v) is 7.22. The molecular weight excluding hydrogens is 361 g/mol. The maximum atomic E-state index is 12.2. The van der Waals surface area contributed by atoms with E-state index in [0.29, 0.717) is 5.56 Å². The first-order chi connectivity index (χ1) is 11.8. The molecule has 0 saturated carbocycles. The monoisotopic (exact) mass is 374 g/mol. The van der Waals surface area contributed by atoms with Gasteiger partial charge >= 0.3 is 6.36 Å². The van der Waals surface area contributed by atoms with Crippen molar-refractivity contribution in [2.75, 3.05) is 0 Å². The number of amidine groups is 1. The summed E-state index contributed by atoms with van der Waals surface area (Å²) in [5.41, 5.74) is 3.76. The van der Waals surface area contributed by atoms with Crippen molar-refractivity contribution in [3.05, 3.63) is 58.6 Å². The van der Waals surface area contributed by atoms with Gasteiger partial charge in [-0.25, -0.2) is 5.84 Å². The maximum absolute atomic E-state index is 12.2. The van der Waals surface area contributed by atoms with Gasteiger partial charge in [0.2, 0.25) is 0 Å². The van der Waals surface area contributed by atoms with E-state index in [1.54, 1.807) is 24.3 Å². The van der Waals surface area contributed by atoms with Crippen molar-refractivity contribution in [1.29, 1.82) is 0 Å². The third-order valence-corrected chi connectivity index (χ3v) is 3.29. The number of hydrazone groups is 1. The number of nitrogens with one attached hydrogen (secondary N) is 1. The summed E-state index contributed by atoms with van der Waals surface area (Å²) in [4.78, 5) is 0. The van der Waals surface area contributed by atoms with Crippen LogP contribution in [0.3, 0.4) is 0 Å². The quantitative estimate of drug-likeness (QED) is 0.324. The minimum absolute atomic E-state index is 0.00857. The van der Waals surface area contributed by atoms with Crippen molar-refractivity contribution in [2.45, 2.75) is 13.0 Å². The van der Waals surface area contributed by atoms with Gasteiger partial charge in [0.25, 0.3) is 0 Å². The highest BCUT2D eigenvalue weighted by Crippen LogP contribution is 2.32. The Morgan fingerprint density at radius 2 is 1.96 bits per heavy atom. The summed E-state index contributed by atoms with van der Waals surface area (Å²) in [5.74, 6) is 10.6. The molecule has 0 aliphatic carbocycles. The van der Waals surface area contributed by atoms with Crippen LogP contribution >= 0.6 is 11.6 Å². The van der Waals surface area contributed by atoms with Crippen LogP contribution in [0.1, 0.15) is 11.1 Å². The molecule has 2 aromatic rings. The minimum atomic E-state index is -4.79. The first kappa shape index (κ1) is 18.7. The molecule has 134 valence electrons. The second-order valence-corrected chi connectivity index (χ2v) is 5.16. The van der Waals surface area contributed by atoms with E-state index in [9.17, 15) is 13.2 Å². The molecule has 0 fully saturated rings. The zero-order valence-electron chi connectivity index (χ0n) is 12.7. The molecule has 0 atom stereocenters. The van der Waals surface area contributed by atoms with Crippen LogP contribution in [0.2, 0.25) is 5.02 Å². The van der Waals surface area contributed by atoms with E-state index < -0.39 is 12.1 Å². The fourth-order valence-electron chi connectivity index (χ4n) is 1.96. The lowest BCUT2D eigenvalue weighted by Crippen LogP contribution is -2.32. The Morgan fingerprint density at radius 3 is 2.56 bits per heavy atom. The van der Waals surface area contributed by atoms with Gasteiger partial charge in [-0.1, -0.05) is 29.8 Å². The molecule has 0 spiro atoms. The van der Waals surface area contributed by atoms with E-state index in [0.717, 1.165) is 17.7 Å². The largest absolute Gasteiger partial charge is 0.573 e. The third kappa shape index (κ3) is 5.44. The number of ether oxygens (including phenoxy) is 2. The number of alkyl halides is 3. The van der Waals surface area contributed by atoms with E-state index >= 15 is 0 Å². The average molecular weight is 375 g/mol. The minimum Gasteiger partial charge on any atom is -0.487 e. The van der Waals surface area contributed by atoms with Crippen LogP contribution in [0.15, 0.2) is 47.6 Å². The van der Waals surface area contributed by atoms with Gasteiger partial charge in [-0.15, -0.1) is 13.2 Å². The molecular formula is C15H14ClF3N4O2. The SMILES string of the molecule is N/N=C(\NN)c1cccc(COc2ccc(OC(F)(F)F)cc2Cl)c1. The van der Waals surface area contributed by atoms with Crippen molar-refractivity contribution in [3.8, 4) is 11.5 Å². The topological polar surface area (TPSA) is 94.9 Å². The second kappa shape index (κ2) is 7.95. The zero-order valence-corrected chi connectivity index (χ0v) is 13.4. The molecule has 0 heterocycles. The molecule has 5 N–H and O–H groups in total. The van der Waals surface area contributed by atoms with Gasteiger partial charge in [0, 0.05) is 11.6 Å². The highest BCUT2D eigenvalue weighted by Gasteiger charge is 2.31. The number of hydrogen-bond acceptors (Lipinski definition) is 5. The number of benzene rings is 2. The van der Waals surface area contributed by atoms with Crippen LogP contribution in [-0.2, 0) is 6.61 Å². The van der Waals surface area contributed by atoms with E-state index in [4.69, 9.17) is 28.0 Å². The van der Waals surface area contributed by atoms with Gasteiger partial charge < -0.3 is 20.7 Å². The Bertz CT molecular complexity index is 769. The van der Waals surface area contributed by atoms with Crippen molar-refractivity contribution in [3.63, 3.8) is 0 Å². The molecule has 0 bridgehead atoms. The molecule has 2 aromatic carbocycles. The number of nitrogens with two attached hydrogens (primary N) is 2. The van der Waals surface area contributed by atoms with Crippen molar-refractivity contribution >= 4 is 17.4 Å². The Labute approximate surface area is 146 Å². The van der Waals surface area contributed by atoms with Gasteiger partial charge in [0.15, 0.2) is 5.84 Å². The molecule has 0 saturated heterocycles. The van der Waals surface area contributed by atoms with Crippen molar-refractivity contribution < 1.29 is 22.6 Å². The first-order valence-electron chi connectivity index (χ1n) is 6.84. The summed E-state index contributed by atoms with van der Waals surface area (Å²) < 4.78 is 45.8. The van der Waals surface area contributed by atoms with Crippen LogP contribution in [0.4, 0.5) is 13.2 Å². The number of hydrazine groups is 1. The van der Waals surface area contributed by atoms with Gasteiger partial charge in [0.05, 0.1) is 5.02 Å². The molecule has 6 nitrogen and oxygen atoms in total.